The van der Waals surface area contributed by atoms with E-state index >= 15 is 0 Å². The molecule has 1 aromatic rings. The van der Waals surface area contributed by atoms with Gasteiger partial charge in [-0.2, -0.15) is 0 Å². The third-order valence-electron chi connectivity index (χ3n) is 2.47. The monoisotopic (exact) mass is 206 g/mol. The molecule has 1 amide bonds. The maximum atomic E-state index is 11.2. The van der Waals surface area contributed by atoms with Crippen LogP contribution >= 0.6 is 0 Å². The molecule has 1 aliphatic rings. The van der Waals surface area contributed by atoms with E-state index in [2.05, 4.69) is 15.2 Å². The average molecular weight is 206 g/mol. The molecule has 1 fully saturated rings. The highest BCUT2D eigenvalue weighted by molar-refractivity contribution is 5.77. The van der Waals surface area contributed by atoms with Crippen LogP contribution in [0.4, 0.5) is 11.5 Å². The Bertz CT molecular complexity index is 366. The normalized spacial score (nSPS) is 17.1. The predicted octanol–water partition coefficient (Wildman–Crippen LogP) is -0.00990. The zero-order valence-corrected chi connectivity index (χ0v) is 8.44. The van der Waals surface area contributed by atoms with E-state index in [0.717, 1.165) is 12.2 Å². The second-order valence-electron chi connectivity index (χ2n) is 3.49. The molecule has 0 spiro atoms. The number of anilines is 2. The van der Waals surface area contributed by atoms with Gasteiger partial charge in [-0.25, -0.2) is 4.98 Å². The van der Waals surface area contributed by atoms with E-state index < -0.39 is 0 Å². The molecule has 0 aromatic carbocycles. The van der Waals surface area contributed by atoms with Crippen LogP contribution < -0.4 is 16.0 Å². The first kappa shape index (κ1) is 9.76. The van der Waals surface area contributed by atoms with E-state index in [9.17, 15) is 4.79 Å². The lowest BCUT2D eigenvalue weighted by Crippen LogP contribution is -2.29. The van der Waals surface area contributed by atoms with E-state index in [1.54, 1.807) is 6.20 Å². The van der Waals surface area contributed by atoms with Crippen molar-refractivity contribution in [3.63, 3.8) is 0 Å². The first-order valence-corrected chi connectivity index (χ1v) is 4.99. The van der Waals surface area contributed by atoms with Gasteiger partial charge in [-0.1, -0.05) is 0 Å². The summed E-state index contributed by atoms with van der Waals surface area (Å²) >= 11 is 0. The number of nitrogen functional groups attached to an aromatic ring is 1. The Balaban J connectivity index is 2.16. The van der Waals surface area contributed by atoms with Crippen LogP contribution in [0.1, 0.15) is 6.42 Å². The first-order chi connectivity index (χ1) is 7.27. The molecule has 80 valence electrons. The van der Waals surface area contributed by atoms with Crippen LogP contribution in [-0.4, -0.2) is 30.5 Å². The Morgan fingerprint density at radius 2 is 2.33 bits per heavy atom. The van der Waals surface area contributed by atoms with Crippen LogP contribution in [-0.2, 0) is 4.79 Å². The van der Waals surface area contributed by atoms with E-state index in [1.165, 1.54) is 0 Å². The van der Waals surface area contributed by atoms with Crippen molar-refractivity contribution in [1.29, 1.82) is 0 Å². The lowest BCUT2D eigenvalue weighted by molar-refractivity contribution is -0.120. The SMILES string of the molecule is Nc1ncccc1N1CCNC(=O)CC1. The molecule has 1 aliphatic heterocycles. The first-order valence-electron chi connectivity index (χ1n) is 4.99. The minimum Gasteiger partial charge on any atom is -0.382 e. The molecule has 1 aromatic heterocycles. The fourth-order valence-corrected chi connectivity index (χ4v) is 1.68. The third kappa shape index (κ3) is 2.18. The number of hydrogen-bond acceptors (Lipinski definition) is 4. The fraction of sp³-hybridized carbons (Fsp3) is 0.400. The molecule has 5 heteroatoms. The van der Waals surface area contributed by atoms with Crippen molar-refractivity contribution < 1.29 is 4.79 Å². The summed E-state index contributed by atoms with van der Waals surface area (Å²) in [7, 11) is 0. The van der Waals surface area contributed by atoms with E-state index in [1.807, 2.05) is 12.1 Å². The van der Waals surface area contributed by atoms with Gasteiger partial charge < -0.3 is 16.0 Å². The molecule has 0 unspecified atom stereocenters. The van der Waals surface area contributed by atoms with Gasteiger partial charge in [-0.05, 0) is 12.1 Å². The van der Waals surface area contributed by atoms with Crippen molar-refractivity contribution in [2.24, 2.45) is 0 Å². The van der Waals surface area contributed by atoms with Crippen LogP contribution in [0.5, 0.6) is 0 Å². The molecular formula is C10H14N4O. The predicted molar refractivity (Wildman–Crippen MR) is 58.5 cm³/mol. The number of carbonyl (C=O) groups is 1. The van der Waals surface area contributed by atoms with Gasteiger partial charge in [0.25, 0.3) is 0 Å². The largest absolute Gasteiger partial charge is 0.382 e. The number of aromatic nitrogens is 1. The van der Waals surface area contributed by atoms with Crippen molar-refractivity contribution >= 4 is 17.4 Å². The topological polar surface area (TPSA) is 71.2 Å². The molecular weight excluding hydrogens is 192 g/mol. The minimum absolute atomic E-state index is 0.0972. The third-order valence-corrected chi connectivity index (χ3v) is 2.47. The van der Waals surface area contributed by atoms with Gasteiger partial charge in [0, 0.05) is 32.3 Å². The number of nitrogens with one attached hydrogen (secondary N) is 1. The van der Waals surface area contributed by atoms with Crippen LogP contribution in [0.25, 0.3) is 0 Å². The highest BCUT2D eigenvalue weighted by Gasteiger charge is 2.15. The van der Waals surface area contributed by atoms with Crippen molar-refractivity contribution in [3.05, 3.63) is 18.3 Å². The smallest absolute Gasteiger partial charge is 0.221 e. The Hall–Kier alpha value is -1.78. The molecule has 2 rings (SSSR count). The van der Waals surface area contributed by atoms with E-state index in [-0.39, 0.29) is 5.91 Å². The minimum atomic E-state index is 0.0972. The second kappa shape index (κ2) is 4.16. The second-order valence-corrected chi connectivity index (χ2v) is 3.49. The summed E-state index contributed by atoms with van der Waals surface area (Å²) < 4.78 is 0. The summed E-state index contributed by atoms with van der Waals surface area (Å²) in [6.45, 7) is 2.14. The highest BCUT2D eigenvalue weighted by atomic mass is 16.1. The maximum absolute atomic E-state index is 11.2. The fourth-order valence-electron chi connectivity index (χ4n) is 1.68. The van der Waals surface area contributed by atoms with Crippen molar-refractivity contribution in [3.8, 4) is 0 Å². The summed E-state index contributed by atoms with van der Waals surface area (Å²) in [6, 6.07) is 3.78. The number of rotatable bonds is 1. The van der Waals surface area contributed by atoms with Gasteiger partial charge in [0.1, 0.15) is 5.82 Å². The lowest BCUT2D eigenvalue weighted by Gasteiger charge is -2.22. The lowest BCUT2D eigenvalue weighted by atomic mass is 10.3. The van der Waals surface area contributed by atoms with Crippen molar-refractivity contribution in [2.45, 2.75) is 6.42 Å². The van der Waals surface area contributed by atoms with Crippen molar-refractivity contribution in [2.75, 3.05) is 30.3 Å². The molecule has 0 radical (unpaired) electrons. The Labute approximate surface area is 88.3 Å². The summed E-state index contributed by atoms with van der Waals surface area (Å²) in [6.07, 6.45) is 2.17. The van der Waals surface area contributed by atoms with Crippen LogP contribution in [0, 0.1) is 0 Å². The molecule has 5 nitrogen and oxygen atoms in total. The zero-order valence-electron chi connectivity index (χ0n) is 8.44. The molecule has 1 saturated heterocycles. The summed E-state index contributed by atoms with van der Waals surface area (Å²) in [5, 5.41) is 2.82. The molecule has 0 bridgehead atoms. The Kier molecular flexibility index (Phi) is 2.71. The standard InChI is InChI=1S/C10H14N4O/c11-10-8(2-1-4-13-10)14-6-3-9(15)12-5-7-14/h1-2,4H,3,5-7H2,(H2,11,13)(H,12,15). The molecule has 0 atom stereocenters. The van der Waals surface area contributed by atoms with Crippen molar-refractivity contribution in [1.82, 2.24) is 10.3 Å². The van der Waals surface area contributed by atoms with Gasteiger partial charge in [0.2, 0.25) is 5.91 Å². The number of pyridine rings is 1. The van der Waals surface area contributed by atoms with Crippen LogP contribution in [0.2, 0.25) is 0 Å². The van der Waals surface area contributed by atoms with E-state index in [4.69, 9.17) is 5.73 Å². The molecule has 3 N–H and O–H groups in total. The molecule has 2 heterocycles. The quantitative estimate of drug-likeness (QED) is 0.678. The molecule has 0 saturated carbocycles. The average Bonchev–Trinajstić information content (AvgIpc) is 2.44. The summed E-state index contributed by atoms with van der Waals surface area (Å²) in [5.74, 6) is 0.617. The van der Waals surface area contributed by atoms with Gasteiger partial charge in [0.05, 0.1) is 5.69 Å². The summed E-state index contributed by atoms with van der Waals surface area (Å²) in [4.78, 5) is 17.3. The highest BCUT2D eigenvalue weighted by Crippen LogP contribution is 2.20. The molecule has 0 aliphatic carbocycles. The van der Waals surface area contributed by atoms with Gasteiger partial charge in [0.15, 0.2) is 0 Å². The number of carbonyl (C=O) groups excluding carboxylic acids is 1. The van der Waals surface area contributed by atoms with Gasteiger partial charge >= 0.3 is 0 Å². The number of amides is 1. The maximum Gasteiger partial charge on any atom is 0.221 e. The van der Waals surface area contributed by atoms with E-state index in [0.29, 0.717) is 25.3 Å². The van der Waals surface area contributed by atoms with Crippen LogP contribution in [0.15, 0.2) is 18.3 Å². The number of nitrogens with two attached hydrogens (primary N) is 1. The van der Waals surface area contributed by atoms with Gasteiger partial charge in [-0.15, -0.1) is 0 Å². The van der Waals surface area contributed by atoms with Crippen LogP contribution in [0.3, 0.4) is 0 Å². The Morgan fingerprint density at radius 1 is 1.47 bits per heavy atom. The Morgan fingerprint density at radius 3 is 3.13 bits per heavy atom. The number of nitrogens with zero attached hydrogens (tertiary/aromatic N) is 2. The summed E-state index contributed by atoms with van der Waals surface area (Å²) in [5.41, 5.74) is 6.69. The molecule has 15 heavy (non-hydrogen) atoms. The van der Waals surface area contributed by atoms with Gasteiger partial charge in [-0.3, -0.25) is 4.79 Å². The number of hydrogen-bond donors (Lipinski definition) is 2. The zero-order chi connectivity index (χ0) is 10.7.